The molecule has 0 unspecified atom stereocenters. The Balaban J connectivity index is 1.80. The molecular formula is C32H33ClN4O4S. The lowest BCUT2D eigenvalue weighted by Gasteiger charge is -2.24. The summed E-state index contributed by atoms with van der Waals surface area (Å²) in [7, 11) is 3.25. The molecule has 0 saturated heterocycles. The fourth-order valence-electron chi connectivity index (χ4n) is 4.94. The molecule has 10 heteroatoms. The summed E-state index contributed by atoms with van der Waals surface area (Å²) in [5.41, 5.74) is 3.96. The minimum Gasteiger partial charge on any atom is -0.497 e. The lowest BCUT2D eigenvalue weighted by atomic mass is 9.99. The number of benzene rings is 3. The highest BCUT2D eigenvalue weighted by Crippen LogP contribution is 2.50. The fourth-order valence-corrected chi connectivity index (χ4v) is 6.29. The number of nitrogens with one attached hydrogen (secondary N) is 1. The Morgan fingerprint density at radius 3 is 2.45 bits per heavy atom. The van der Waals surface area contributed by atoms with Crippen LogP contribution in [0.5, 0.6) is 11.5 Å². The van der Waals surface area contributed by atoms with Gasteiger partial charge in [-0.2, -0.15) is 5.10 Å². The lowest BCUT2D eigenvalue weighted by molar-refractivity contribution is -0.123. The summed E-state index contributed by atoms with van der Waals surface area (Å²) in [6, 6.07) is 22.7. The van der Waals surface area contributed by atoms with Gasteiger partial charge in [-0.3, -0.25) is 14.5 Å². The number of carbonyl (C=O) groups is 2. The normalized spacial score (nSPS) is 15.5. The van der Waals surface area contributed by atoms with Crippen LogP contribution in [0.3, 0.4) is 0 Å². The zero-order valence-corrected chi connectivity index (χ0v) is 25.5. The van der Waals surface area contributed by atoms with Crippen molar-refractivity contribution in [1.82, 2.24) is 15.1 Å². The summed E-state index contributed by atoms with van der Waals surface area (Å²) < 4.78 is 12.9. The van der Waals surface area contributed by atoms with Crippen molar-refractivity contribution in [3.8, 4) is 28.4 Å². The van der Waals surface area contributed by atoms with Gasteiger partial charge in [-0.15, -0.1) is 11.8 Å². The van der Waals surface area contributed by atoms with Gasteiger partial charge in [0.1, 0.15) is 23.9 Å². The van der Waals surface area contributed by atoms with Crippen molar-refractivity contribution in [2.24, 2.45) is 0 Å². The number of para-hydroxylation sites is 1. The highest BCUT2D eigenvalue weighted by atomic mass is 35.5. The van der Waals surface area contributed by atoms with Gasteiger partial charge in [0.25, 0.3) is 0 Å². The first-order valence-electron chi connectivity index (χ1n) is 13.7. The molecule has 0 bridgehead atoms. The Bertz CT molecular complexity index is 1570. The van der Waals surface area contributed by atoms with E-state index < -0.39 is 0 Å². The molecule has 2 heterocycles. The van der Waals surface area contributed by atoms with Gasteiger partial charge < -0.3 is 14.8 Å². The van der Waals surface area contributed by atoms with E-state index in [0.717, 1.165) is 28.8 Å². The van der Waals surface area contributed by atoms with E-state index in [4.69, 9.17) is 26.2 Å². The number of methoxy groups -OCH3 is 2. The average molecular weight is 605 g/mol. The molecule has 0 spiro atoms. The first kappa shape index (κ1) is 29.5. The van der Waals surface area contributed by atoms with Gasteiger partial charge in [-0.05, 0) is 55.8 Å². The first-order chi connectivity index (χ1) is 20.3. The molecule has 8 nitrogen and oxygen atoms in total. The molecule has 4 aromatic rings. The van der Waals surface area contributed by atoms with Crippen LogP contribution in [0.4, 0.5) is 5.82 Å². The van der Waals surface area contributed by atoms with Gasteiger partial charge in [-0.1, -0.05) is 48.9 Å². The number of nitrogens with zero attached hydrogens (tertiary/aromatic N) is 3. The van der Waals surface area contributed by atoms with Crippen LogP contribution in [0, 0.1) is 0 Å². The van der Waals surface area contributed by atoms with E-state index in [1.807, 2.05) is 86.6 Å². The van der Waals surface area contributed by atoms with Crippen molar-refractivity contribution in [1.29, 1.82) is 0 Å². The third-order valence-electron chi connectivity index (χ3n) is 7.27. The van der Waals surface area contributed by atoms with Crippen LogP contribution < -0.4 is 19.7 Å². The number of aromatic nitrogens is 2. The maximum absolute atomic E-state index is 13.9. The molecule has 3 aromatic carbocycles. The van der Waals surface area contributed by atoms with Gasteiger partial charge in [0.05, 0.1) is 36.6 Å². The molecule has 0 saturated carbocycles. The molecule has 2 amide bonds. The molecule has 1 N–H and O–H groups in total. The largest absolute Gasteiger partial charge is 0.497 e. The molecule has 1 aliphatic rings. The van der Waals surface area contributed by atoms with Gasteiger partial charge in [0.15, 0.2) is 0 Å². The van der Waals surface area contributed by atoms with Crippen LogP contribution in [0.15, 0.2) is 72.8 Å². The van der Waals surface area contributed by atoms with Crippen LogP contribution in [0.25, 0.3) is 16.9 Å². The SMILES string of the molecule is CC[C@H](C)NC(=O)CN1C(=O)CS[C@H](c2ccccc2OC)c2c(-c3ccc(Cl)cc3)nn(-c3ccc(OC)cc3)c21. The van der Waals surface area contributed by atoms with Gasteiger partial charge in [0, 0.05) is 27.8 Å². The van der Waals surface area contributed by atoms with Crippen LogP contribution >= 0.6 is 23.4 Å². The van der Waals surface area contributed by atoms with Gasteiger partial charge in [0.2, 0.25) is 11.8 Å². The Labute approximate surface area is 255 Å². The molecule has 1 aromatic heterocycles. The molecule has 2 atom stereocenters. The number of amides is 2. The lowest BCUT2D eigenvalue weighted by Crippen LogP contribution is -2.44. The van der Waals surface area contributed by atoms with Crippen molar-refractivity contribution in [2.45, 2.75) is 31.6 Å². The minimum absolute atomic E-state index is 0.0223. The van der Waals surface area contributed by atoms with Crippen molar-refractivity contribution in [3.05, 3.63) is 88.9 Å². The van der Waals surface area contributed by atoms with Crippen LogP contribution in [-0.4, -0.2) is 54.2 Å². The number of hydrogen-bond acceptors (Lipinski definition) is 6. The highest BCUT2D eigenvalue weighted by Gasteiger charge is 2.38. The van der Waals surface area contributed by atoms with Gasteiger partial charge >= 0.3 is 0 Å². The molecule has 1 aliphatic heterocycles. The summed E-state index contributed by atoms with van der Waals surface area (Å²) in [4.78, 5) is 28.7. The average Bonchev–Trinajstić information content (AvgIpc) is 3.34. The Morgan fingerprint density at radius 1 is 1.07 bits per heavy atom. The third kappa shape index (κ3) is 5.98. The number of thioether (sulfide) groups is 1. The number of carbonyl (C=O) groups excluding carboxylic acids is 2. The summed E-state index contributed by atoms with van der Waals surface area (Å²) in [6.45, 7) is 3.81. The smallest absolute Gasteiger partial charge is 0.240 e. The second-order valence-electron chi connectivity index (χ2n) is 9.99. The van der Waals surface area contributed by atoms with E-state index in [0.29, 0.717) is 28.0 Å². The summed E-state index contributed by atoms with van der Waals surface area (Å²) >= 11 is 7.75. The number of fused-ring (bicyclic) bond motifs is 1. The van der Waals surface area contributed by atoms with E-state index in [9.17, 15) is 9.59 Å². The molecule has 42 heavy (non-hydrogen) atoms. The molecule has 0 fully saturated rings. The fraction of sp³-hybridized carbons (Fsp3) is 0.281. The molecule has 5 rings (SSSR count). The Hall–Kier alpha value is -3.95. The third-order valence-corrected chi connectivity index (χ3v) is 8.76. The molecule has 0 radical (unpaired) electrons. The van der Waals surface area contributed by atoms with Crippen LogP contribution in [-0.2, 0) is 9.59 Å². The highest BCUT2D eigenvalue weighted by molar-refractivity contribution is 8.00. The van der Waals surface area contributed by atoms with E-state index >= 15 is 0 Å². The zero-order chi connectivity index (χ0) is 29.8. The minimum atomic E-state index is -0.319. The van der Waals surface area contributed by atoms with E-state index in [2.05, 4.69) is 5.32 Å². The maximum Gasteiger partial charge on any atom is 0.240 e. The van der Waals surface area contributed by atoms with Crippen molar-refractivity contribution < 1.29 is 19.1 Å². The molecule has 0 aliphatic carbocycles. The zero-order valence-electron chi connectivity index (χ0n) is 24.0. The monoisotopic (exact) mass is 604 g/mol. The summed E-state index contributed by atoms with van der Waals surface area (Å²) in [6.07, 6.45) is 0.779. The number of halogens is 1. The predicted molar refractivity (Wildman–Crippen MR) is 168 cm³/mol. The number of hydrogen-bond donors (Lipinski definition) is 1. The van der Waals surface area contributed by atoms with Crippen LogP contribution in [0.1, 0.15) is 36.6 Å². The molecular weight excluding hydrogens is 572 g/mol. The quantitative estimate of drug-likeness (QED) is 0.242. The predicted octanol–water partition coefficient (Wildman–Crippen LogP) is 6.29. The van der Waals surface area contributed by atoms with E-state index in [-0.39, 0.29) is 35.4 Å². The Morgan fingerprint density at radius 2 is 1.79 bits per heavy atom. The van der Waals surface area contributed by atoms with Crippen LogP contribution in [0.2, 0.25) is 5.02 Å². The Kier molecular flexibility index (Phi) is 9.09. The van der Waals surface area contributed by atoms with Crippen molar-refractivity contribution in [3.63, 3.8) is 0 Å². The second-order valence-corrected chi connectivity index (χ2v) is 11.5. The molecule has 218 valence electrons. The van der Waals surface area contributed by atoms with Crippen molar-refractivity contribution >= 4 is 41.0 Å². The first-order valence-corrected chi connectivity index (χ1v) is 15.1. The van der Waals surface area contributed by atoms with E-state index in [1.165, 1.54) is 11.8 Å². The number of anilines is 1. The van der Waals surface area contributed by atoms with Crippen molar-refractivity contribution in [2.75, 3.05) is 31.4 Å². The second kappa shape index (κ2) is 12.9. The summed E-state index contributed by atoms with van der Waals surface area (Å²) in [5, 5.41) is 8.41. The topological polar surface area (TPSA) is 85.7 Å². The maximum atomic E-state index is 13.9. The van der Waals surface area contributed by atoms with Gasteiger partial charge in [-0.25, -0.2) is 4.68 Å². The number of rotatable bonds is 9. The standard InChI is InChI=1S/C32H33ClN4O4S/c1-5-20(2)34-27(38)18-36-28(39)19-42-31(25-8-6-7-9-26(25)41-4)29-30(21-10-12-22(33)13-11-21)35-37(32(29)36)23-14-16-24(40-3)17-15-23/h6-17,20,31H,5,18-19H2,1-4H3,(H,34,38)/t20-,31+/m0/s1. The number of ether oxygens (including phenoxy) is 2. The van der Waals surface area contributed by atoms with E-state index in [1.54, 1.807) is 23.8 Å². The summed E-state index contributed by atoms with van der Waals surface area (Å²) in [5.74, 6) is 1.68.